The minimum atomic E-state index is -0.364. The number of hydrogen-bond acceptors (Lipinski definition) is 3. The van der Waals surface area contributed by atoms with Gasteiger partial charge in [0.1, 0.15) is 0 Å². The molecular weight excluding hydrogens is 288 g/mol. The Hall–Kier alpha value is -2.75. The summed E-state index contributed by atoms with van der Waals surface area (Å²) in [6.07, 6.45) is -0.364. The van der Waals surface area contributed by atoms with E-state index in [-0.39, 0.29) is 12.0 Å². The number of hydrogen-bond donors (Lipinski definition) is 1. The van der Waals surface area contributed by atoms with Crippen LogP contribution < -0.4 is 5.73 Å². The number of nitrogen functional groups attached to an aromatic ring is 1. The number of carbonyl (C=O) groups is 1. The Morgan fingerprint density at radius 3 is 2.65 bits per heavy atom. The average Bonchev–Trinajstić information content (AvgIpc) is 2.92. The molecule has 0 fully saturated rings. The number of nitrogens with two attached hydrogens (primary N) is 1. The highest BCUT2D eigenvalue weighted by Gasteiger charge is 2.17. The Morgan fingerprint density at radius 2 is 1.91 bits per heavy atom. The predicted octanol–water partition coefficient (Wildman–Crippen LogP) is 4.53. The number of rotatable bonds is 3. The van der Waals surface area contributed by atoms with Gasteiger partial charge in [-0.15, -0.1) is 0 Å². The predicted molar refractivity (Wildman–Crippen MR) is 93.4 cm³/mol. The Kier molecular flexibility index (Phi) is 4.06. The molecule has 1 heterocycles. The molecule has 0 aliphatic carbocycles. The highest BCUT2D eigenvalue weighted by molar-refractivity contribution is 5.96. The standard InChI is InChI=1S/C19H20N2O2/c1-13(2)12-23-19(22)21-17-9-4-3-6-15(17)11-18(21)14-7-5-8-16(20)10-14/h3-11,13H,12,20H2,1-2H3. The second-order valence-corrected chi connectivity index (χ2v) is 6.02. The van der Waals surface area contributed by atoms with Gasteiger partial charge in [-0.3, -0.25) is 0 Å². The van der Waals surface area contributed by atoms with Crippen molar-refractivity contribution < 1.29 is 9.53 Å². The van der Waals surface area contributed by atoms with Crippen LogP contribution in [0.5, 0.6) is 0 Å². The molecule has 4 nitrogen and oxygen atoms in total. The normalized spacial score (nSPS) is 11.1. The number of para-hydroxylation sites is 1. The third kappa shape index (κ3) is 3.06. The maximum atomic E-state index is 12.6. The van der Waals surface area contributed by atoms with E-state index in [0.717, 1.165) is 22.2 Å². The molecule has 118 valence electrons. The van der Waals surface area contributed by atoms with E-state index in [1.54, 1.807) is 4.57 Å². The van der Waals surface area contributed by atoms with Crippen LogP contribution in [0.4, 0.5) is 10.5 Å². The fourth-order valence-electron chi connectivity index (χ4n) is 2.56. The summed E-state index contributed by atoms with van der Waals surface area (Å²) in [5.74, 6) is 0.289. The van der Waals surface area contributed by atoms with Crippen molar-refractivity contribution in [3.8, 4) is 11.3 Å². The number of ether oxygens (including phenoxy) is 1. The van der Waals surface area contributed by atoms with Crippen LogP contribution in [0.2, 0.25) is 0 Å². The van der Waals surface area contributed by atoms with Gasteiger partial charge < -0.3 is 10.5 Å². The molecule has 3 aromatic rings. The number of anilines is 1. The Balaban J connectivity index is 2.13. The Labute approximate surface area is 135 Å². The third-order valence-electron chi connectivity index (χ3n) is 3.62. The molecule has 0 aliphatic rings. The minimum Gasteiger partial charge on any atom is -0.449 e. The zero-order chi connectivity index (χ0) is 16.4. The van der Waals surface area contributed by atoms with Crippen molar-refractivity contribution in [2.45, 2.75) is 13.8 Å². The molecular formula is C19H20N2O2. The topological polar surface area (TPSA) is 57.2 Å². The average molecular weight is 308 g/mol. The van der Waals surface area contributed by atoms with Gasteiger partial charge in [-0.25, -0.2) is 9.36 Å². The lowest BCUT2D eigenvalue weighted by atomic mass is 10.1. The van der Waals surface area contributed by atoms with Crippen LogP contribution >= 0.6 is 0 Å². The molecule has 0 saturated heterocycles. The van der Waals surface area contributed by atoms with Crippen molar-refractivity contribution in [2.24, 2.45) is 5.92 Å². The summed E-state index contributed by atoms with van der Waals surface area (Å²) in [5.41, 5.74) is 9.06. The number of nitrogens with zero attached hydrogens (tertiary/aromatic N) is 1. The zero-order valence-corrected chi connectivity index (χ0v) is 13.3. The minimum absolute atomic E-state index is 0.289. The van der Waals surface area contributed by atoms with Crippen molar-refractivity contribution in [1.82, 2.24) is 4.57 Å². The smallest absolute Gasteiger partial charge is 0.418 e. The molecule has 3 rings (SSSR count). The van der Waals surface area contributed by atoms with Crippen LogP contribution in [0.1, 0.15) is 13.8 Å². The molecule has 2 N–H and O–H groups in total. The van der Waals surface area contributed by atoms with E-state index in [2.05, 4.69) is 0 Å². The highest BCUT2D eigenvalue weighted by atomic mass is 16.5. The SMILES string of the molecule is CC(C)COC(=O)n1c(-c2cccc(N)c2)cc2ccccc21. The summed E-state index contributed by atoms with van der Waals surface area (Å²) in [7, 11) is 0. The molecule has 2 aromatic carbocycles. The Bertz CT molecular complexity index is 849. The van der Waals surface area contributed by atoms with Crippen LogP contribution in [0.15, 0.2) is 54.6 Å². The summed E-state index contributed by atoms with van der Waals surface area (Å²) in [6, 6.07) is 17.3. The lowest BCUT2D eigenvalue weighted by Gasteiger charge is -2.12. The van der Waals surface area contributed by atoms with Gasteiger partial charge in [0.2, 0.25) is 0 Å². The maximum Gasteiger partial charge on any atom is 0.418 e. The molecule has 0 spiro atoms. The van der Waals surface area contributed by atoms with Crippen molar-refractivity contribution in [3.63, 3.8) is 0 Å². The molecule has 0 radical (unpaired) electrons. The fraction of sp³-hybridized carbons (Fsp3) is 0.211. The van der Waals surface area contributed by atoms with Gasteiger partial charge in [0.15, 0.2) is 0 Å². The van der Waals surface area contributed by atoms with E-state index in [1.807, 2.05) is 68.4 Å². The van der Waals surface area contributed by atoms with Gasteiger partial charge in [-0.1, -0.05) is 44.2 Å². The Morgan fingerprint density at radius 1 is 1.13 bits per heavy atom. The van der Waals surface area contributed by atoms with Crippen LogP contribution in [0.3, 0.4) is 0 Å². The van der Waals surface area contributed by atoms with Crippen LogP contribution in [0.25, 0.3) is 22.2 Å². The van der Waals surface area contributed by atoms with E-state index in [0.29, 0.717) is 12.3 Å². The first kappa shape index (κ1) is 15.2. The van der Waals surface area contributed by atoms with Crippen LogP contribution in [-0.4, -0.2) is 17.3 Å². The molecule has 0 aliphatic heterocycles. The molecule has 0 unspecified atom stereocenters. The van der Waals surface area contributed by atoms with Crippen molar-refractivity contribution in [1.29, 1.82) is 0 Å². The van der Waals surface area contributed by atoms with E-state index in [1.165, 1.54) is 0 Å². The van der Waals surface area contributed by atoms with Gasteiger partial charge in [-0.05, 0) is 30.2 Å². The number of benzene rings is 2. The lowest BCUT2D eigenvalue weighted by molar-refractivity contribution is 0.136. The first-order valence-electron chi connectivity index (χ1n) is 7.70. The summed E-state index contributed by atoms with van der Waals surface area (Å²) in [6.45, 7) is 4.42. The monoisotopic (exact) mass is 308 g/mol. The first-order valence-corrected chi connectivity index (χ1v) is 7.70. The van der Waals surface area contributed by atoms with Crippen molar-refractivity contribution in [3.05, 3.63) is 54.6 Å². The number of carbonyl (C=O) groups excluding carboxylic acids is 1. The summed E-state index contributed by atoms with van der Waals surface area (Å²) >= 11 is 0. The van der Waals surface area contributed by atoms with E-state index < -0.39 is 0 Å². The summed E-state index contributed by atoms with van der Waals surface area (Å²) < 4.78 is 7.06. The first-order chi connectivity index (χ1) is 11.1. The van der Waals surface area contributed by atoms with Gasteiger partial charge >= 0.3 is 6.09 Å². The van der Waals surface area contributed by atoms with Crippen molar-refractivity contribution in [2.75, 3.05) is 12.3 Å². The summed E-state index contributed by atoms with van der Waals surface area (Å²) in [5, 5.41) is 0.992. The lowest BCUT2D eigenvalue weighted by Crippen LogP contribution is -2.17. The molecule has 0 bridgehead atoms. The van der Waals surface area contributed by atoms with E-state index in [4.69, 9.17) is 10.5 Å². The van der Waals surface area contributed by atoms with Crippen molar-refractivity contribution >= 4 is 22.7 Å². The van der Waals surface area contributed by atoms with Gasteiger partial charge in [0, 0.05) is 16.6 Å². The third-order valence-corrected chi connectivity index (χ3v) is 3.62. The number of aromatic nitrogens is 1. The molecule has 0 amide bonds. The quantitative estimate of drug-likeness (QED) is 0.723. The largest absolute Gasteiger partial charge is 0.449 e. The van der Waals surface area contributed by atoms with E-state index in [9.17, 15) is 4.79 Å². The molecule has 4 heteroatoms. The molecule has 0 saturated carbocycles. The van der Waals surface area contributed by atoms with Crippen LogP contribution in [0, 0.1) is 5.92 Å². The molecule has 23 heavy (non-hydrogen) atoms. The maximum absolute atomic E-state index is 12.6. The zero-order valence-electron chi connectivity index (χ0n) is 13.3. The number of fused-ring (bicyclic) bond motifs is 1. The highest BCUT2D eigenvalue weighted by Crippen LogP contribution is 2.29. The van der Waals surface area contributed by atoms with Crippen LogP contribution in [-0.2, 0) is 4.74 Å². The fourth-order valence-corrected chi connectivity index (χ4v) is 2.56. The second-order valence-electron chi connectivity index (χ2n) is 6.02. The van der Waals surface area contributed by atoms with Gasteiger partial charge in [0.25, 0.3) is 0 Å². The van der Waals surface area contributed by atoms with Gasteiger partial charge in [-0.2, -0.15) is 0 Å². The van der Waals surface area contributed by atoms with E-state index >= 15 is 0 Å². The summed E-state index contributed by atoms with van der Waals surface area (Å²) in [4.78, 5) is 12.6. The second kappa shape index (κ2) is 6.16. The molecule has 1 aromatic heterocycles. The van der Waals surface area contributed by atoms with Gasteiger partial charge in [0.05, 0.1) is 17.8 Å². The molecule has 0 atom stereocenters.